The molecule has 0 saturated carbocycles. The zero-order valence-corrected chi connectivity index (χ0v) is 5.60. The number of hydrogen-bond acceptors (Lipinski definition) is 2. The van der Waals surface area contributed by atoms with Crippen LogP contribution in [0.4, 0.5) is 0 Å². The predicted molar refractivity (Wildman–Crippen MR) is 35.4 cm³/mol. The van der Waals surface area contributed by atoms with Gasteiger partial charge in [0.25, 0.3) is 0 Å². The summed E-state index contributed by atoms with van der Waals surface area (Å²) in [5.74, 6) is 0. The van der Waals surface area contributed by atoms with E-state index < -0.39 is 0 Å². The molecule has 0 radical (unpaired) electrons. The third-order valence-electron chi connectivity index (χ3n) is 2.27. The highest BCUT2D eigenvalue weighted by Gasteiger charge is 2.24. The predicted octanol–water partition coefficient (Wildman–Crippen LogP) is 0.527. The van der Waals surface area contributed by atoms with Crippen LogP contribution in [0.3, 0.4) is 0 Å². The fourth-order valence-electron chi connectivity index (χ4n) is 1.64. The fraction of sp³-hybridized carbons (Fsp3) is 1.00. The Morgan fingerprint density at radius 1 is 1.22 bits per heavy atom. The summed E-state index contributed by atoms with van der Waals surface area (Å²) in [5.41, 5.74) is 0. The van der Waals surface area contributed by atoms with Gasteiger partial charge >= 0.3 is 0 Å². The van der Waals surface area contributed by atoms with Gasteiger partial charge in [-0.25, -0.2) is 0 Å². The van der Waals surface area contributed by atoms with Crippen molar-refractivity contribution in [3.05, 3.63) is 0 Å². The lowest BCUT2D eigenvalue weighted by molar-refractivity contribution is 0.0143. The molecule has 3 saturated heterocycles. The molecule has 3 aliphatic rings. The molecule has 0 amide bonds. The Balaban J connectivity index is 2.03. The normalized spacial score (nSPS) is 42.7. The quantitative estimate of drug-likeness (QED) is 0.512. The SMILES string of the molecule is C1CC2CCC(CO2)N1. The molecule has 0 spiro atoms. The van der Waals surface area contributed by atoms with Crippen LogP contribution in [0, 0.1) is 0 Å². The van der Waals surface area contributed by atoms with Gasteiger partial charge in [0.15, 0.2) is 0 Å². The smallest absolute Gasteiger partial charge is 0.0623 e. The van der Waals surface area contributed by atoms with E-state index in [9.17, 15) is 0 Å². The Bertz CT molecular complexity index is 79.6. The van der Waals surface area contributed by atoms with Gasteiger partial charge in [0, 0.05) is 6.04 Å². The summed E-state index contributed by atoms with van der Waals surface area (Å²) >= 11 is 0. The molecule has 1 N–H and O–H groups in total. The lowest BCUT2D eigenvalue weighted by Crippen LogP contribution is -2.33. The lowest BCUT2D eigenvalue weighted by Gasteiger charge is -2.23. The van der Waals surface area contributed by atoms with E-state index in [0.29, 0.717) is 12.1 Å². The largest absolute Gasteiger partial charge is 0.377 e. The zero-order chi connectivity index (χ0) is 6.10. The molecule has 0 aromatic rings. The molecule has 0 aliphatic carbocycles. The van der Waals surface area contributed by atoms with Crippen LogP contribution in [0.2, 0.25) is 0 Å². The zero-order valence-electron chi connectivity index (χ0n) is 5.60. The number of ether oxygens (including phenoxy) is 1. The van der Waals surface area contributed by atoms with Crippen LogP contribution < -0.4 is 5.32 Å². The van der Waals surface area contributed by atoms with Gasteiger partial charge in [0.2, 0.25) is 0 Å². The summed E-state index contributed by atoms with van der Waals surface area (Å²) in [6.45, 7) is 2.11. The molecule has 52 valence electrons. The van der Waals surface area contributed by atoms with Gasteiger partial charge in [-0.2, -0.15) is 0 Å². The van der Waals surface area contributed by atoms with Crippen LogP contribution in [0.1, 0.15) is 19.3 Å². The first kappa shape index (κ1) is 5.69. The second-order valence-electron chi connectivity index (χ2n) is 2.97. The van der Waals surface area contributed by atoms with Crippen LogP contribution in [0.25, 0.3) is 0 Å². The highest BCUT2D eigenvalue weighted by molar-refractivity contribution is 4.80. The average Bonchev–Trinajstić information content (AvgIpc) is 2.21. The first-order valence-electron chi connectivity index (χ1n) is 3.80. The van der Waals surface area contributed by atoms with Gasteiger partial charge in [-0.05, 0) is 25.8 Å². The van der Waals surface area contributed by atoms with Crippen molar-refractivity contribution in [3.8, 4) is 0 Å². The maximum absolute atomic E-state index is 5.54. The Labute approximate surface area is 55.6 Å². The molecule has 2 bridgehead atoms. The van der Waals surface area contributed by atoms with E-state index in [1.54, 1.807) is 0 Å². The van der Waals surface area contributed by atoms with Gasteiger partial charge in [0.05, 0.1) is 12.7 Å². The molecule has 9 heavy (non-hydrogen) atoms. The molecular weight excluding hydrogens is 114 g/mol. The average molecular weight is 127 g/mol. The van der Waals surface area contributed by atoms with E-state index in [4.69, 9.17) is 4.74 Å². The number of hydrogen-bond donors (Lipinski definition) is 1. The first-order chi connectivity index (χ1) is 4.45. The molecule has 2 nitrogen and oxygen atoms in total. The Morgan fingerprint density at radius 2 is 2.22 bits per heavy atom. The standard InChI is InChI=1S/C7H13NO/c1-2-7-3-4-8-6(1)5-9-7/h6-8H,1-5H2. The van der Waals surface area contributed by atoms with Crippen LogP contribution in [-0.2, 0) is 4.74 Å². The first-order valence-corrected chi connectivity index (χ1v) is 3.80. The van der Waals surface area contributed by atoms with Crippen LogP contribution in [0.15, 0.2) is 0 Å². The van der Waals surface area contributed by atoms with Crippen molar-refractivity contribution in [1.82, 2.24) is 5.32 Å². The fourth-order valence-corrected chi connectivity index (χ4v) is 1.64. The van der Waals surface area contributed by atoms with Crippen molar-refractivity contribution in [2.75, 3.05) is 13.2 Å². The van der Waals surface area contributed by atoms with Gasteiger partial charge in [0.1, 0.15) is 0 Å². The van der Waals surface area contributed by atoms with Crippen molar-refractivity contribution in [2.45, 2.75) is 31.4 Å². The third kappa shape index (κ3) is 1.10. The molecule has 0 aromatic carbocycles. The summed E-state index contributed by atoms with van der Waals surface area (Å²) < 4.78 is 5.54. The molecular formula is C7H13NO. The maximum Gasteiger partial charge on any atom is 0.0623 e. The lowest BCUT2D eigenvalue weighted by atomic mass is 10.1. The van der Waals surface area contributed by atoms with Crippen molar-refractivity contribution in [3.63, 3.8) is 0 Å². The van der Waals surface area contributed by atoms with E-state index in [2.05, 4.69) is 5.32 Å². The molecule has 2 unspecified atom stereocenters. The highest BCUT2D eigenvalue weighted by Crippen LogP contribution is 2.18. The summed E-state index contributed by atoms with van der Waals surface area (Å²) in [6, 6.07) is 0.670. The minimum Gasteiger partial charge on any atom is -0.377 e. The molecule has 3 fully saturated rings. The molecule has 3 heterocycles. The summed E-state index contributed by atoms with van der Waals surface area (Å²) in [4.78, 5) is 0. The highest BCUT2D eigenvalue weighted by atomic mass is 16.5. The van der Waals surface area contributed by atoms with Gasteiger partial charge < -0.3 is 10.1 Å². The van der Waals surface area contributed by atoms with E-state index >= 15 is 0 Å². The van der Waals surface area contributed by atoms with E-state index in [1.807, 2.05) is 0 Å². The van der Waals surface area contributed by atoms with Crippen LogP contribution >= 0.6 is 0 Å². The van der Waals surface area contributed by atoms with E-state index in [0.717, 1.165) is 13.2 Å². The molecule has 2 heteroatoms. The van der Waals surface area contributed by atoms with Crippen molar-refractivity contribution < 1.29 is 4.74 Å². The van der Waals surface area contributed by atoms with E-state index in [-0.39, 0.29) is 0 Å². The maximum atomic E-state index is 5.54. The number of nitrogens with one attached hydrogen (secondary N) is 1. The number of rotatable bonds is 0. The Morgan fingerprint density at radius 3 is 3.00 bits per heavy atom. The molecule has 0 aromatic heterocycles. The third-order valence-corrected chi connectivity index (χ3v) is 2.27. The summed E-state index contributed by atoms with van der Waals surface area (Å²) in [5, 5.41) is 3.45. The van der Waals surface area contributed by atoms with Crippen LogP contribution in [-0.4, -0.2) is 25.3 Å². The monoisotopic (exact) mass is 127 g/mol. The minimum absolute atomic E-state index is 0.580. The van der Waals surface area contributed by atoms with Crippen molar-refractivity contribution >= 4 is 0 Å². The molecule has 3 rings (SSSR count). The molecule has 2 atom stereocenters. The summed E-state index contributed by atoms with van der Waals surface area (Å²) in [7, 11) is 0. The molecule has 3 aliphatic heterocycles. The van der Waals surface area contributed by atoms with Crippen molar-refractivity contribution in [1.29, 1.82) is 0 Å². The summed E-state index contributed by atoms with van der Waals surface area (Å²) in [6.07, 6.45) is 4.40. The second-order valence-corrected chi connectivity index (χ2v) is 2.97. The van der Waals surface area contributed by atoms with Crippen molar-refractivity contribution in [2.24, 2.45) is 0 Å². The topological polar surface area (TPSA) is 21.3 Å². The van der Waals surface area contributed by atoms with Gasteiger partial charge in [-0.3, -0.25) is 0 Å². The van der Waals surface area contributed by atoms with E-state index in [1.165, 1.54) is 19.3 Å². The van der Waals surface area contributed by atoms with Gasteiger partial charge in [-0.1, -0.05) is 0 Å². The Hall–Kier alpha value is -0.0800. The second kappa shape index (κ2) is 2.27. The minimum atomic E-state index is 0.580. The van der Waals surface area contributed by atoms with Crippen LogP contribution in [0.5, 0.6) is 0 Å². The Kier molecular flexibility index (Phi) is 1.44. The van der Waals surface area contributed by atoms with Gasteiger partial charge in [-0.15, -0.1) is 0 Å². The number of fused-ring (bicyclic) bond motifs is 4.